The number of para-hydroxylation sites is 2. The maximum Gasteiger partial charge on any atom is 0.260 e. The number of anilines is 3. The van der Waals surface area contributed by atoms with Gasteiger partial charge in [0.05, 0.1) is 17.1 Å². The van der Waals surface area contributed by atoms with Crippen LogP contribution in [0.2, 0.25) is 0 Å². The summed E-state index contributed by atoms with van der Waals surface area (Å²) in [6.45, 7) is 16.4. The van der Waals surface area contributed by atoms with Crippen molar-refractivity contribution in [1.82, 2.24) is 0 Å². The molecule has 0 unspecified atom stereocenters. The predicted molar refractivity (Wildman–Crippen MR) is 192 cm³/mol. The van der Waals surface area contributed by atoms with Crippen LogP contribution >= 0.6 is 11.8 Å². The maximum absolute atomic E-state index is 7.02. The van der Waals surface area contributed by atoms with Crippen molar-refractivity contribution in [3.8, 4) is 23.0 Å². The van der Waals surface area contributed by atoms with Gasteiger partial charge in [-0.3, -0.25) is 0 Å². The molecule has 0 bridgehead atoms. The summed E-state index contributed by atoms with van der Waals surface area (Å²) in [5.41, 5.74) is 11.3. The number of rotatable bonds is 1. The second kappa shape index (κ2) is 9.26. The first-order valence-corrected chi connectivity index (χ1v) is 17.2. The van der Waals surface area contributed by atoms with Gasteiger partial charge in [-0.05, 0) is 86.7 Å². The summed E-state index contributed by atoms with van der Waals surface area (Å²) in [6.07, 6.45) is 1.12. The second-order valence-corrected chi connectivity index (χ2v) is 16.8. The van der Waals surface area contributed by atoms with Crippen LogP contribution in [0.25, 0.3) is 0 Å². The minimum atomic E-state index is 0.0208. The molecule has 0 spiro atoms. The zero-order chi connectivity index (χ0) is 31.7. The number of fused-ring (bicyclic) bond motifs is 7. The molecule has 1 aliphatic carbocycles. The number of hydrogen-bond donors (Lipinski definition) is 0. The van der Waals surface area contributed by atoms with E-state index in [0.29, 0.717) is 0 Å². The van der Waals surface area contributed by atoms with Gasteiger partial charge in [-0.15, -0.1) is 0 Å². The number of hydrogen-bond acceptors (Lipinski definition) is 4. The molecule has 5 heteroatoms. The standard InChI is InChI=1S/C41H38BNO2S/c1-39(2,3)24-16-17-32-28(18-24)42-29-21-26-27(41(6,7)23-40(26,4)5)22-33(29)45-35-20-25(19-34(44-32)38(35)42)43-30-12-8-10-14-36(30)46-37-15-11-9-13-31(37)43/h8-22H,23H2,1-7H3. The highest BCUT2D eigenvalue weighted by atomic mass is 32.2. The lowest BCUT2D eigenvalue weighted by atomic mass is 9.34. The Kier molecular flexibility index (Phi) is 5.67. The molecule has 3 heterocycles. The molecule has 4 aliphatic rings. The molecule has 0 amide bonds. The van der Waals surface area contributed by atoms with Crippen molar-refractivity contribution < 1.29 is 9.47 Å². The van der Waals surface area contributed by atoms with Crippen molar-refractivity contribution in [2.75, 3.05) is 4.90 Å². The molecule has 0 radical (unpaired) electrons. The molecule has 3 aliphatic heterocycles. The Balaban J connectivity index is 1.30. The topological polar surface area (TPSA) is 21.7 Å². The fourth-order valence-corrected chi connectivity index (χ4v) is 9.59. The molecule has 5 aromatic carbocycles. The molecule has 5 aromatic rings. The first kappa shape index (κ1) is 28.2. The highest BCUT2D eigenvalue weighted by Gasteiger charge is 2.47. The summed E-state index contributed by atoms with van der Waals surface area (Å²) in [5.74, 6) is 3.64. The van der Waals surface area contributed by atoms with Crippen LogP contribution in [0.15, 0.2) is 101 Å². The summed E-state index contributed by atoms with van der Waals surface area (Å²) < 4.78 is 13.9. The number of ether oxygens (including phenoxy) is 2. The largest absolute Gasteiger partial charge is 0.458 e. The lowest BCUT2D eigenvalue weighted by Gasteiger charge is -2.37. The van der Waals surface area contributed by atoms with Crippen LogP contribution in [-0.4, -0.2) is 6.71 Å². The minimum Gasteiger partial charge on any atom is -0.458 e. The highest BCUT2D eigenvalue weighted by Crippen LogP contribution is 2.54. The van der Waals surface area contributed by atoms with Gasteiger partial charge in [0.2, 0.25) is 0 Å². The Morgan fingerprint density at radius 3 is 1.85 bits per heavy atom. The van der Waals surface area contributed by atoms with Gasteiger partial charge in [-0.2, -0.15) is 0 Å². The van der Waals surface area contributed by atoms with Gasteiger partial charge in [0, 0.05) is 27.4 Å². The van der Waals surface area contributed by atoms with E-state index in [1.165, 1.54) is 48.8 Å². The first-order valence-electron chi connectivity index (χ1n) is 16.4. The van der Waals surface area contributed by atoms with E-state index in [9.17, 15) is 0 Å². The molecule has 3 nitrogen and oxygen atoms in total. The first-order chi connectivity index (χ1) is 21.9. The summed E-state index contributed by atoms with van der Waals surface area (Å²) in [7, 11) is 0. The van der Waals surface area contributed by atoms with Gasteiger partial charge in [-0.25, -0.2) is 0 Å². The summed E-state index contributed by atoms with van der Waals surface area (Å²) in [6, 6.07) is 33.4. The molecule has 0 aromatic heterocycles. The third-order valence-corrected chi connectivity index (χ3v) is 11.6. The van der Waals surface area contributed by atoms with Crippen LogP contribution in [0.4, 0.5) is 17.1 Å². The van der Waals surface area contributed by atoms with E-state index in [1.807, 2.05) is 11.8 Å². The van der Waals surface area contributed by atoms with Crippen molar-refractivity contribution in [3.05, 3.63) is 108 Å². The lowest BCUT2D eigenvalue weighted by Crippen LogP contribution is -2.58. The minimum absolute atomic E-state index is 0.0208. The molecule has 46 heavy (non-hydrogen) atoms. The van der Waals surface area contributed by atoms with Crippen LogP contribution in [0.3, 0.4) is 0 Å². The van der Waals surface area contributed by atoms with E-state index in [2.05, 4.69) is 144 Å². The van der Waals surface area contributed by atoms with Crippen LogP contribution in [0.5, 0.6) is 23.0 Å². The zero-order valence-corrected chi connectivity index (χ0v) is 28.4. The van der Waals surface area contributed by atoms with Crippen molar-refractivity contribution in [2.24, 2.45) is 0 Å². The SMILES string of the molecule is CC(C)(C)c1ccc2c(c1)B1c3cc4c(cc3Oc3cc(N5c6ccccc6Sc6ccccc65)cc(c31)O2)C(C)(C)CC4(C)C. The number of benzene rings is 5. The average molecular weight is 620 g/mol. The second-order valence-electron chi connectivity index (χ2n) is 15.7. The normalized spacial score (nSPS) is 17.5. The summed E-state index contributed by atoms with van der Waals surface area (Å²) >= 11 is 1.82. The van der Waals surface area contributed by atoms with E-state index < -0.39 is 0 Å². The fourth-order valence-electron chi connectivity index (χ4n) is 8.53. The third-order valence-electron chi connectivity index (χ3n) is 10.5. The highest BCUT2D eigenvalue weighted by molar-refractivity contribution is 7.99. The van der Waals surface area contributed by atoms with Crippen molar-refractivity contribution >= 4 is 51.9 Å². The van der Waals surface area contributed by atoms with Gasteiger partial charge in [-0.1, -0.05) is 103 Å². The quantitative estimate of drug-likeness (QED) is 0.171. The summed E-state index contributed by atoms with van der Waals surface area (Å²) in [4.78, 5) is 4.83. The van der Waals surface area contributed by atoms with Crippen LogP contribution in [0.1, 0.15) is 71.6 Å². The molecule has 0 saturated carbocycles. The van der Waals surface area contributed by atoms with E-state index in [-0.39, 0.29) is 23.0 Å². The van der Waals surface area contributed by atoms with Gasteiger partial charge in [0.15, 0.2) is 0 Å². The molecule has 0 N–H and O–H groups in total. The average Bonchev–Trinajstić information content (AvgIpc) is 3.19. The molecule has 0 saturated heterocycles. The number of nitrogens with zero attached hydrogens (tertiary/aromatic N) is 1. The molecule has 0 fully saturated rings. The molecular formula is C41H38BNO2S. The van der Waals surface area contributed by atoms with Gasteiger partial charge in [0.1, 0.15) is 23.0 Å². The Labute approximate surface area is 277 Å². The monoisotopic (exact) mass is 619 g/mol. The van der Waals surface area contributed by atoms with E-state index >= 15 is 0 Å². The molecular weight excluding hydrogens is 581 g/mol. The Morgan fingerprint density at radius 1 is 0.652 bits per heavy atom. The van der Waals surface area contributed by atoms with E-state index in [1.54, 1.807) is 0 Å². The Hall–Kier alpha value is -4.09. The van der Waals surface area contributed by atoms with Gasteiger partial charge in [0.25, 0.3) is 6.71 Å². The third kappa shape index (κ3) is 4.00. The van der Waals surface area contributed by atoms with Gasteiger partial charge < -0.3 is 14.4 Å². The molecule has 228 valence electrons. The van der Waals surface area contributed by atoms with Crippen molar-refractivity contribution in [1.29, 1.82) is 0 Å². The smallest absolute Gasteiger partial charge is 0.260 e. The van der Waals surface area contributed by atoms with Crippen LogP contribution in [0, 0.1) is 0 Å². The summed E-state index contributed by atoms with van der Waals surface area (Å²) in [5, 5.41) is 0. The zero-order valence-electron chi connectivity index (χ0n) is 27.6. The Bertz CT molecular complexity index is 2080. The predicted octanol–water partition coefficient (Wildman–Crippen LogP) is 9.60. The maximum atomic E-state index is 7.02. The lowest BCUT2D eigenvalue weighted by molar-refractivity contribution is 0.402. The van der Waals surface area contributed by atoms with Crippen LogP contribution in [-0.2, 0) is 16.2 Å². The molecule has 9 rings (SSSR count). The van der Waals surface area contributed by atoms with Gasteiger partial charge >= 0.3 is 0 Å². The van der Waals surface area contributed by atoms with Crippen molar-refractivity contribution in [3.63, 3.8) is 0 Å². The fraction of sp³-hybridized carbons (Fsp3) is 0.268. The van der Waals surface area contributed by atoms with E-state index in [0.717, 1.165) is 40.6 Å². The molecule has 0 atom stereocenters. The van der Waals surface area contributed by atoms with Crippen molar-refractivity contribution in [2.45, 2.75) is 80.9 Å². The van der Waals surface area contributed by atoms with E-state index in [4.69, 9.17) is 9.47 Å². The van der Waals surface area contributed by atoms with Crippen LogP contribution < -0.4 is 30.8 Å². The Morgan fingerprint density at radius 2 is 1.22 bits per heavy atom.